The Morgan fingerprint density at radius 1 is 0.950 bits per heavy atom. The number of anilines is 2. The van der Waals surface area contributed by atoms with Crippen LogP contribution in [-0.4, -0.2) is 38.8 Å². The first-order valence-electron chi connectivity index (χ1n) is 8.20. The lowest BCUT2D eigenvalue weighted by Crippen LogP contribution is -2.32. The van der Waals surface area contributed by atoms with Gasteiger partial charge in [0.25, 0.3) is 0 Å². The summed E-state index contributed by atoms with van der Waals surface area (Å²) in [5.41, 5.74) is 2.78. The van der Waals surface area contributed by atoms with Gasteiger partial charge < -0.3 is 15.1 Å². The highest BCUT2D eigenvalue weighted by atomic mass is 15.2. The van der Waals surface area contributed by atoms with E-state index in [-0.39, 0.29) is 0 Å². The molecule has 3 heteroatoms. The minimum Gasteiger partial charge on any atom is -0.372 e. The fourth-order valence-corrected chi connectivity index (χ4v) is 3.48. The van der Waals surface area contributed by atoms with Gasteiger partial charge in [-0.2, -0.15) is 0 Å². The molecule has 1 N–H and O–H groups in total. The van der Waals surface area contributed by atoms with Crippen molar-refractivity contribution in [2.24, 2.45) is 0 Å². The molecule has 1 aromatic rings. The molecule has 2 fully saturated rings. The van der Waals surface area contributed by atoms with E-state index in [2.05, 4.69) is 46.3 Å². The van der Waals surface area contributed by atoms with Crippen LogP contribution in [-0.2, 0) is 0 Å². The van der Waals surface area contributed by atoms with Crippen LogP contribution >= 0.6 is 0 Å². The van der Waals surface area contributed by atoms with Gasteiger partial charge in [0, 0.05) is 43.6 Å². The maximum Gasteiger partial charge on any atom is 0.0368 e. The third-order valence-electron chi connectivity index (χ3n) is 4.62. The van der Waals surface area contributed by atoms with E-state index in [1.165, 1.54) is 56.7 Å². The average Bonchev–Trinajstić information content (AvgIpc) is 2.97. The Morgan fingerprint density at radius 3 is 2.25 bits per heavy atom. The van der Waals surface area contributed by atoms with Gasteiger partial charge >= 0.3 is 0 Å². The first kappa shape index (κ1) is 13.7. The molecule has 1 atom stereocenters. The zero-order valence-electron chi connectivity index (χ0n) is 12.6. The van der Waals surface area contributed by atoms with E-state index < -0.39 is 0 Å². The molecule has 110 valence electrons. The van der Waals surface area contributed by atoms with Crippen molar-refractivity contribution in [3.05, 3.63) is 24.3 Å². The summed E-state index contributed by atoms with van der Waals surface area (Å²) >= 11 is 0. The molecule has 0 radical (unpaired) electrons. The molecule has 1 aromatic carbocycles. The van der Waals surface area contributed by atoms with Crippen molar-refractivity contribution in [3.63, 3.8) is 0 Å². The molecule has 3 nitrogen and oxygen atoms in total. The van der Waals surface area contributed by atoms with Gasteiger partial charge in [0.2, 0.25) is 0 Å². The number of nitrogens with zero attached hydrogens (tertiary/aromatic N) is 2. The minimum atomic E-state index is 0.668. The minimum absolute atomic E-state index is 0.668. The Bertz CT molecular complexity index is 409. The summed E-state index contributed by atoms with van der Waals surface area (Å²) < 4.78 is 0. The third kappa shape index (κ3) is 3.09. The summed E-state index contributed by atoms with van der Waals surface area (Å²) in [6.07, 6.45) is 5.35. The highest BCUT2D eigenvalue weighted by Crippen LogP contribution is 2.25. The number of likely N-dealkylation sites (N-methyl/N-ethyl adjacent to an activating group) is 1. The van der Waals surface area contributed by atoms with E-state index in [1.807, 2.05) is 0 Å². The van der Waals surface area contributed by atoms with Gasteiger partial charge in [-0.05, 0) is 56.5 Å². The van der Waals surface area contributed by atoms with Gasteiger partial charge in [-0.25, -0.2) is 0 Å². The number of hydrogen-bond donors (Lipinski definition) is 1. The highest BCUT2D eigenvalue weighted by molar-refractivity contribution is 5.57. The molecule has 0 amide bonds. The van der Waals surface area contributed by atoms with Gasteiger partial charge in [-0.1, -0.05) is 6.92 Å². The van der Waals surface area contributed by atoms with Crippen LogP contribution < -0.4 is 15.1 Å². The molecule has 3 rings (SSSR count). The number of hydrogen-bond acceptors (Lipinski definition) is 3. The number of rotatable bonds is 4. The molecule has 0 aliphatic carbocycles. The monoisotopic (exact) mass is 273 g/mol. The van der Waals surface area contributed by atoms with Crippen LogP contribution in [0.15, 0.2) is 24.3 Å². The highest BCUT2D eigenvalue weighted by Gasteiger charge is 2.21. The fourth-order valence-electron chi connectivity index (χ4n) is 3.48. The lowest BCUT2D eigenvalue weighted by Gasteiger charge is -2.29. The molecule has 20 heavy (non-hydrogen) atoms. The van der Waals surface area contributed by atoms with Crippen LogP contribution in [0.5, 0.6) is 0 Å². The summed E-state index contributed by atoms with van der Waals surface area (Å²) in [5.74, 6) is 0. The van der Waals surface area contributed by atoms with Gasteiger partial charge in [-0.3, -0.25) is 0 Å². The second kappa shape index (κ2) is 6.49. The van der Waals surface area contributed by atoms with Crippen molar-refractivity contribution < 1.29 is 0 Å². The second-order valence-electron chi connectivity index (χ2n) is 6.05. The maximum atomic E-state index is 3.56. The predicted octanol–water partition coefficient (Wildman–Crippen LogP) is 2.87. The van der Waals surface area contributed by atoms with E-state index in [0.717, 1.165) is 13.1 Å². The first-order valence-corrected chi connectivity index (χ1v) is 8.20. The molecule has 0 saturated carbocycles. The molecule has 1 unspecified atom stereocenters. The van der Waals surface area contributed by atoms with Gasteiger partial charge in [-0.15, -0.1) is 0 Å². The smallest absolute Gasteiger partial charge is 0.0368 e. The van der Waals surface area contributed by atoms with E-state index in [1.54, 1.807) is 0 Å². The van der Waals surface area contributed by atoms with Crippen molar-refractivity contribution in [2.75, 3.05) is 42.5 Å². The Morgan fingerprint density at radius 2 is 1.60 bits per heavy atom. The second-order valence-corrected chi connectivity index (χ2v) is 6.05. The SMILES string of the molecule is CCNC1CCN(c2ccc(N3CCCCC3)cc2)C1. The molecule has 2 heterocycles. The molecule has 2 aliphatic rings. The van der Waals surface area contributed by atoms with E-state index in [4.69, 9.17) is 0 Å². The van der Waals surface area contributed by atoms with Crippen molar-refractivity contribution in [1.82, 2.24) is 5.32 Å². The molecular weight excluding hydrogens is 246 g/mol. The molecule has 0 aromatic heterocycles. The molecule has 2 saturated heterocycles. The number of benzene rings is 1. The van der Waals surface area contributed by atoms with Crippen LogP contribution in [0.2, 0.25) is 0 Å². The summed E-state index contributed by atoms with van der Waals surface area (Å²) in [7, 11) is 0. The van der Waals surface area contributed by atoms with Gasteiger partial charge in [0.1, 0.15) is 0 Å². The summed E-state index contributed by atoms with van der Waals surface area (Å²) in [6.45, 7) is 8.05. The normalized spacial score (nSPS) is 23.4. The first-order chi connectivity index (χ1) is 9.86. The Hall–Kier alpha value is -1.22. The molecule has 0 bridgehead atoms. The lowest BCUT2D eigenvalue weighted by atomic mass is 10.1. The van der Waals surface area contributed by atoms with Crippen LogP contribution in [0.25, 0.3) is 0 Å². The van der Waals surface area contributed by atoms with E-state index in [0.29, 0.717) is 6.04 Å². The predicted molar refractivity (Wildman–Crippen MR) is 86.8 cm³/mol. The topological polar surface area (TPSA) is 18.5 Å². The summed E-state index contributed by atoms with van der Waals surface area (Å²) in [5, 5.41) is 3.56. The van der Waals surface area contributed by atoms with Crippen molar-refractivity contribution in [3.8, 4) is 0 Å². The molecule has 2 aliphatic heterocycles. The standard InChI is InChI=1S/C17H27N3/c1-2-18-15-10-13-20(14-15)17-8-6-16(7-9-17)19-11-4-3-5-12-19/h6-9,15,18H,2-5,10-14H2,1H3. The van der Waals surface area contributed by atoms with Gasteiger partial charge in [0.05, 0.1) is 0 Å². The van der Waals surface area contributed by atoms with Crippen LogP contribution in [0.4, 0.5) is 11.4 Å². The van der Waals surface area contributed by atoms with Crippen LogP contribution in [0.1, 0.15) is 32.6 Å². The summed E-state index contributed by atoms with van der Waals surface area (Å²) in [4.78, 5) is 5.03. The van der Waals surface area contributed by atoms with Crippen molar-refractivity contribution >= 4 is 11.4 Å². The summed E-state index contributed by atoms with van der Waals surface area (Å²) in [6, 6.07) is 9.89. The third-order valence-corrected chi connectivity index (χ3v) is 4.62. The Balaban J connectivity index is 1.61. The number of nitrogens with one attached hydrogen (secondary N) is 1. The zero-order valence-corrected chi connectivity index (χ0v) is 12.6. The fraction of sp³-hybridized carbons (Fsp3) is 0.647. The van der Waals surface area contributed by atoms with Crippen LogP contribution in [0, 0.1) is 0 Å². The average molecular weight is 273 g/mol. The zero-order chi connectivity index (χ0) is 13.8. The number of piperidine rings is 1. The van der Waals surface area contributed by atoms with Crippen molar-refractivity contribution in [1.29, 1.82) is 0 Å². The quantitative estimate of drug-likeness (QED) is 0.910. The maximum absolute atomic E-state index is 3.56. The molecule has 0 spiro atoms. The van der Waals surface area contributed by atoms with Gasteiger partial charge in [0.15, 0.2) is 0 Å². The van der Waals surface area contributed by atoms with Crippen molar-refractivity contribution in [2.45, 2.75) is 38.6 Å². The molecular formula is C17H27N3. The van der Waals surface area contributed by atoms with E-state index >= 15 is 0 Å². The van der Waals surface area contributed by atoms with E-state index in [9.17, 15) is 0 Å². The lowest BCUT2D eigenvalue weighted by molar-refractivity contribution is 0.572. The largest absolute Gasteiger partial charge is 0.372 e. The van der Waals surface area contributed by atoms with Crippen LogP contribution in [0.3, 0.4) is 0 Å². The Kier molecular flexibility index (Phi) is 4.46. The Labute approximate surface area is 123 Å².